The van der Waals surface area contributed by atoms with Crippen LogP contribution < -0.4 is 0 Å². The Labute approximate surface area is 88.5 Å². The molecule has 0 nitrogen and oxygen atoms in total. The molecule has 0 bridgehead atoms. The molecule has 0 spiro atoms. The molecule has 1 aliphatic carbocycles. The maximum Gasteiger partial charge on any atom is 0.00603 e. The zero-order valence-electron chi connectivity index (χ0n) is 7.96. The standard InChI is InChI=1S/C12H15Br/c1-12(7-10(8-12)9-13)11-5-3-2-4-6-11/h2-6,10H,7-9H2,1H3. The van der Waals surface area contributed by atoms with Gasteiger partial charge in [-0.1, -0.05) is 53.2 Å². The van der Waals surface area contributed by atoms with E-state index in [-0.39, 0.29) is 0 Å². The highest BCUT2D eigenvalue weighted by Gasteiger charge is 2.40. The van der Waals surface area contributed by atoms with Crippen LogP contribution >= 0.6 is 15.9 Å². The van der Waals surface area contributed by atoms with Crippen molar-refractivity contribution < 1.29 is 0 Å². The number of alkyl halides is 1. The molecule has 0 aromatic heterocycles. The van der Waals surface area contributed by atoms with E-state index in [0.29, 0.717) is 5.41 Å². The summed E-state index contributed by atoms with van der Waals surface area (Å²) < 4.78 is 0. The van der Waals surface area contributed by atoms with E-state index < -0.39 is 0 Å². The summed E-state index contributed by atoms with van der Waals surface area (Å²) in [6, 6.07) is 10.9. The van der Waals surface area contributed by atoms with Gasteiger partial charge in [0.2, 0.25) is 0 Å². The summed E-state index contributed by atoms with van der Waals surface area (Å²) in [7, 11) is 0. The molecule has 1 fully saturated rings. The zero-order chi connectivity index (χ0) is 9.31. The molecule has 0 heterocycles. The van der Waals surface area contributed by atoms with Crippen molar-refractivity contribution in [1.29, 1.82) is 0 Å². The fourth-order valence-electron chi connectivity index (χ4n) is 2.40. The summed E-state index contributed by atoms with van der Waals surface area (Å²) in [6.45, 7) is 2.38. The largest absolute Gasteiger partial charge is 0.0925 e. The lowest BCUT2D eigenvalue weighted by Gasteiger charge is -2.45. The third kappa shape index (κ3) is 1.67. The second-order valence-corrected chi connectivity index (χ2v) is 5.00. The number of halogens is 1. The summed E-state index contributed by atoms with van der Waals surface area (Å²) in [6.07, 6.45) is 2.67. The molecule has 0 saturated heterocycles. The van der Waals surface area contributed by atoms with Gasteiger partial charge in [-0.05, 0) is 29.7 Å². The van der Waals surface area contributed by atoms with Crippen LogP contribution in [-0.4, -0.2) is 5.33 Å². The third-order valence-electron chi connectivity index (χ3n) is 3.17. The van der Waals surface area contributed by atoms with E-state index in [4.69, 9.17) is 0 Å². The van der Waals surface area contributed by atoms with Gasteiger partial charge in [0.25, 0.3) is 0 Å². The Morgan fingerprint density at radius 2 is 1.92 bits per heavy atom. The Morgan fingerprint density at radius 1 is 1.31 bits per heavy atom. The van der Waals surface area contributed by atoms with Gasteiger partial charge in [0.15, 0.2) is 0 Å². The Balaban J connectivity index is 2.11. The summed E-state index contributed by atoms with van der Waals surface area (Å²) in [5.41, 5.74) is 1.96. The van der Waals surface area contributed by atoms with Crippen molar-refractivity contribution in [2.24, 2.45) is 5.92 Å². The van der Waals surface area contributed by atoms with Crippen LogP contribution in [0.1, 0.15) is 25.3 Å². The molecule has 1 heteroatoms. The second-order valence-electron chi connectivity index (χ2n) is 4.36. The van der Waals surface area contributed by atoms with E-state index in [0.717, 1.165) is 11.2 Å². The highest BCUT2D eigenvalue weighted by atomic mass is 79.9. The van der Waals surface area contributed by atoms with Crippen LogP contribution in [0.2, 0.25) is 0 Å². The van der Waals surface area contributed by atoms with Gasteiger partial charge < -0.3 is 0 Å². The molecule has 1 aromatic rings. The lowest BCUT2D eigenvalue weighted by molar-refractivity contribution is 0.183. The third-order valence-corrected chi connectivity index (χ3v) is 4.08. The van der Waals surface area contributed by atoms with Gasteiger partial charge in [0, 0.05) is 5.33 Å². The van der Waals surface area contributed by atoms with E-state index in [2.05, 4.69) is 53.2 Å². The van der Waals surface area contributed by atoms with E-state index in [9.17, 15) is 0 Å². The zero-order valence-corrected chi connectivity index (χ0v) is 9.55. The second kappa shape index (κ2) is 3.45. The quantitative estimate of drug-likeness (QED) is 0.689. The Kier molecular flexibility index (Phi) is 2.46. The summed E-state index contributed by atoms with van der Waals surface area (Å²) >= 11 is 3.55. The Hall–Kier alpha value is -0.300. The smallest absolute Gasteiger partial charge is 0.00603 e. The minimum absolute atomic E-state index is 0.458. The fraction of sp³-hybridized carbons (Fsp3) is 0.500. The van der Waals surface area contributed by atoms with Crippen molar-refractivity contribution in [2.45, 2.75) is 25.2 Å². The first kappa shape index (κ1) is 9.26. The maximum absolute atomic E-state index is 3.55. The fourth-order valence-corrected chi connectivity index (χ4v) is 2.86. The highest BCUT2D eigenvalue weighted by Crippen LogP contribution is 2.47. The monoisotopic (exact) mass is 238 g/mol. The summed E-state index contributed by atoms with van der Waals surface area (Å²) in [4.78, 5) is 0. The van der Waals surface area contributed by atoms with Gasteiger partial charge >= 0.3 is 0 Å². The van der Waals surface area contributed by atoms with Crippen LogP contribution in [0.5, 0.6) is 0 Å². The van der Waals surface area contributed by atoms with Crippen molar-refractivity contribution >= 4 is 15.9 Å². The molecular formula is C12H15Br. The number of benzene rings is 1. The van der Waals surface area contributed by atoms with Crippen LogP contribution in [0.15, 0.2) is 30.3 Å². The highest BCUT2D eigenvalue weighted by molar-refractivity contribution is 9.09. The molecule has 0 N–H and O–H groups in total. The predicted molar refractivity (Wildman–Crippen MR) is 60.3 cm³/mol. The van der Waals surface area contributed by atoms with Crippen LogP contribution in [0.25, 0.3) is 0 Å². The van der Waals surface area contributed by atoms with Crippen molar-refractivity contribution in [3.8, 4) is 0 Å². The average Bonchev–Trinajstić information content (AvgIpc) is 2.14. The molecule has 0 aliphatic heterocycles. The predicted octanol–water partition coefficient (Wildman–Crippen LogP) is 3.75. The Morgan fingerprint density at radius 3 is 2.46 bits per heavy atom. The van der Waals surface area contributed by atoms with Crippen LogP contribution in [0.3, 0.4) is 0 Å². The molecule has 2 rings (SSSR count). The minimum Gasteiger partial charge on any atom is -0.0925 e. The van der Waals surface area contributed by atoms with Crippen LogP contribution in [0, 0.1) is 5.92 Å². The molecule has 1 aromatic carbocycles. The van der Waals surface area contributed by atoms with E-state index in [1.54, 1.807) is 0 Å². The maximum atomic E-state index is 3.55. The SMILES string of the molecule is CC1(c2ccccc2)CC(CBr)C1. The first-order valence-electron chi connectivity index (χ1n) is 4.86. The number of hydrogen-bond acceptors (Lipinski definition) is 0. The van der Waals surface area contributed by atoms with Crippen molar-refractivity contribution in [3.63, 3.8) is 0 Å². The molecule has 1 aliphatic rings. The van der Waals surface area contributed by atoms with Gasteiger partial charge in [-0.2, -0.15) is 0 Å². The lowest BCUT2D eigenvalue weighted by Crippen LogP contribution is -2.39. The molecule has 0 radical (unpaired) electrons. The van der Waals surface area contributed by atoms with Gasteiger partial charge in [0.1, 0.15) is 0 Å². The van der Waals surface area contributed by atoms with Crippen molar-refractivity contribution in [1.82, 2.24) is 0 Å². The van der Waals surface area contributed by atoms with Gasteiger partial charge in [0.05, 0.1) is 0 Å². The molecule has 1 saturated carbocycles. The molecular weight excluding hydrogens is 224 g/mol. The van der Waals surface area contributed by atoms with Gasteiger partial charge in [-0.25, -0.2) is 0 Å². The average molecular weight is 239 g/mol. The van der Waals surface area contributed by atoms with Crippen molar-refractivity contribution in [3.05, 3.63) is 35.9 Å². The van der Waals surface area contributed by atoms with Crippen LogP contribution in [-0.2, 0) is 5.41 Å². The number of rotatable bonds is 2. The van der Waals surface area contributed by atoms with Crippen molar-refractivity contribution in [2.75, 3.05) is 5.33 Å². The van der Waals surface area contributed by atoms with Gasteiger partial charge in [-0.3, -0.25) is 0 Å². The van der Waals surface area contributed by atoms with E-state index in [1.807, 2.05) is 0 Å². The lowest BCUT2D eigenvalue weighted by atomic mass is 9.60. The first-order chi connectivity index (χ1) is 6.24. The molecule has 0 unspecified atom stereocenters. The first-order valence-corrected chi connectivity index (χ1v) is 5.98. The minimum atomic E-state index is 0.458. The van der Waals surface area contributed by atoms with Gasteiger partial charge in [-0.15, -0.1) is 0 Å². The van der Waals surface area contributed by atoms with E-state index >= 15 is 0 Å². The topological polar surface area (TPSA) is 0 Å². The molecule has 70 valence electrons. The normalized spacial score (nSPS) is 32.6. The molecule has 0 atom stereocenters. The summed E-state index contributed by atoms with van der Waals surface area (Å²) in [5.74, 6) is 0.894. The summed E-state index contributed by atoms with van der Waals surface area (Å²) in [5, 5.41) is 1.16. The molecule has 13 heavy (non-hydrogen) atoms. The van der Waals surface area contributed by atoms with E-state index in [1.165, 1.54) is 18.4 Å². The molecule has 0 amide bonds. The van der Waals surface area contributed by atoms with Crippen LogP contribution in [0.4, 0.5) is 0 Å². The number of hydrogen-bond donors (Lipinski definition) is 0. The Bertz CT molecular complexity index is 272.